The average Bonchev–Trinajstić information content (AvgIpc) is 2.69. The quantitative estimate of drug-likeness (QED) is 0.609. The zero-order chi connectivity index (χ0) is 21.5. The van der Waals surface area contributed by atoms with Crippen LogP contribution < -0.4 is 14.4 Å². The summed E-state index contributed by atoms with van der Waals surface area (Å²) in [6, 6.07) is 14.8. The number of carbonyl (C=O) groups is 1. The third kappa shape index (κ3) is 6.68. The van der Waals surface area contributed by atoms with Crippen LogP contribution in [0.5, 0.6) is 5.75 Å². The monoisotopic (exact) mass is 436 g/mol. The third-order valence-electron chi connectivity index (χ3n) is 3.93. The summed E-state index contributed by atoms with van der Waals surface area (Å²) in [6.45, 7) is 6.45. The number of methoxy groups -OCH3 is 1. The van der Waals surface area contributed by atoms with E-state index in [2.05, 4.69) is 26.1 Å². The predicted octanol–water partition coefficient (Wildman–Crippen LogP) is 3.54. The largest absolute Gasteiger partial charge is 0.495 e. The van der Waals surface area contributed by atoms with Gasteiger partial charge < -0.3 is 10.1 Å². The summed E-state index contributed by atoms with van der Waals surface area (Å²) < 4.78 is 33.1. The van der Waals surface area contributed by atoms with Gasteiger partial charge in [-0.2, -0.15) is 11.8 Å². The number of thioether (sulfide) groups is 1. The van der Waals surface area contributed by atoms with Crippen molar-refractivity contribution >= 4 is 33.4 Å². The van der Waals surface area contributed by atoms with Crippen molar-refractivity contribution in [3.05, 3.63) is 54.6 Å². The zero-order valence-electron chi connectivity index (χ0n) is 17.2. The van der Waals surface area contributed by atoms with Gasteiger partial charge in [-0.15, -0.1) is 0 Å². The van der Waals surface area contributed by atoms with E-state index in [4.69, 9.17) is 4.74 Å². The molecule has 0 aliphatic rings. The Morgan fingerprint density at radius 3 is 2.31 bits per heavy atom. The molecule has 2 rings (SSSR count). The van der Waals surface area contributed by atoms with Crippen molar-refractivity contribution < 1.29 is 17.9 Å². The third-order valence-corrected chi connectivity index (χ3v) is 6.98. The van der Waals surface area contributed by atoms with E-state index in [0.29, 0.717) is 18.0 Å². The summed E-state index contributed by atoms with van der Waals surface area (Å²) >= 11 is 1.73. The average molecular weight is 437 g/mol. The first kappa shape index (κ1) is 23.1. The van der Waals surface area contributed by atoms with Gasteiger partial charge in [0.1, 0.15) is 12.3 Å². The Balaban J connectivity index is 2.26. The number of anilines is 1. The molecular formula is C21H28N2O4S2. The predicted molar refractivity (Wildman–Crippen MR) is 119 cm³/mol. The number of amides is 1. The molecule has 0 aromatic heterocycles. The molecule has 0 fully saturated rings. The molecule has 1 amide bonds. The summed E-state index contributed by atoms with van der Waals surface area (Å²) in [5, 5.41) is 2.81. The summed E-state index contributed by atoms with van der Waals surface area (Å²) in [6.07, 6.45) is 0. The van der Waals surface area contributed by atoms with Crippen molar-refractivity contribution in [2.75, 3.05) is 30.3 Å². The van der Waals surface area contributed by atoms with Crippen LogP contribution in [-0.4, -0.2) is 45.0 Å². The lowest BCUT2D eigenvalue weighted by Crippen LogP contribution is -2.41. The maximum absolute atomic E-state index is 13.3. The number of sulfonamides is 1. The number of para-hydroxylation sites is 2. The molecule has 158 valence electrons. The maximum Gasteiger partial charge on any atom is 0.264 e. The lowest BCUT2D eigenvalue weighted by molar-refractivity contribution is -0.119. The zero-order valence-corrected chi connectivity index (χ0v) is 18.8. The minimum Gasteiger partial charge on any atom is -0.495 e. The van der Waals surface area contributed by atoms with Crippen LogP contribution in [0.15, 0.2) is 59.5 Å². The molecule has 6 nitrogen and oxygen atoms in total. The van der Waals surface area contributed by atoms with Gasteiger partial charge in [0.15, 0.2) is 0 Å². The van der Waals surface area contributed by atoms with Crippen LogP contribution >= 0.6 is 11.8 Å². The molecule has 0 heterocycles. The van der Waals surface area contributed by atoms with Crippen LogP contribution in [0.3, 0.4) is 0 Å². The van der Waals surface area contributed by atoms with E-state index < -0.39 is 10.0 Å². The van der Waals surface area contributed by atoms with E-state index in [1.54, 1.807) is 54.2 Å². The minimum atomic E-state index is -3.95. The first-order valence-electron chi connectivity index (χ1n) is 9.26. The lowest BCUT2D eigenvalue weighted by atomic mass is 10.3. The number of rotatable bonds is 9. The van der Waals surface area contributed by atoms with Crippen molar-refractivity contribution in [3.8, 4) is 5.75 Å². The number of hydrogen-bond acceptors (Lipinski definition) is 5. The van der Waals surface area contributed by atoms with Gasteiger partial charge in [0.05, 0.1) is 17.7 Å². The van der Waals surface area contributed by atoms with Gasteiger partial charge in [0.2, 0.25) is 5.91 Å². The number of hydrogen-bond donors (Lipinski definition) is 1. The van der Waals surface area contributed by atoms with Crippen LogP contribution in [0, 0.1) is 0 Å². The van der Waals surface area contributed by atoms with Crippen LogP contribution in [0.4, 0.5) is 5.69 Å². The van der Waals surface area contributed by atoms with E-state index in [1.807, 2.05) is 0 Å². The highest BCUT2D eigenvalue weighted by Crippen LogP contribution is 2.32. The molecule has 0 saturated heterocycles. The fourth-order valence-electron chi connectivity index (χ4n) is 2.59. The first-order valence-corrected chi connectivity index (χ1v) is 11.7. The highest BCUT2D eigenvalue weighted by molar-refractivity contribution is 8.00. The molecule has 0 atom stereocenters. The molecule has 0 radical (unpaired) electrons. The second-order valence-electron chi connectivity index (χ2n) is 7.31. The second-order valence-corrected chi connectivity index (χ2v) is 11.1. The first-order chi connectivity index (χ1) is 13.6. The maximum atomic E-state index is 13.3. The van der Waals surface area contributed by atoms with E-state index in [0.717, 1.165) is 10.1 Å². The van der Waals surface area contributed by atoms with E-state index >= 15 is 0 Å². The van der Waals surface area contributed by atoms with Gasteiger partial charge in [0.25, 0.3) is 10.0 Å². The van der Waals surface area contributed by atoms with Crippen LogP contribution in [0.1, 0.15) is 20.8 Å². The normalized spacial score (nSPS) is 11.7. The van der Waals surface area contributed by atoms with E-state index in [-0.39, 0.29) is 22.1 Å². The Morgan fingerprint density at radius 2 is 1.69 bits per heavy atom. The van der Waals surface area contributed by atoms with Gasteiger partial charge >= 0.3 is 0 Å². The van der Waals surface area contributed by atoms with Gasteiger partial charge in [-0.05, 0) is 24.3 Å². The molecule has 0 aliphatic heterocycles. The molecule has 8 heteroatoms. The molecular weight excluding hydrogens is 408 g/mol. The molecule has 0 unspecified atom stereocenters. The summed E-state index contributed by atoms with van der Waals surface area (Å²) in [4.78, 5) is 12.7. The van der Waals surface area contributed by atoms with Gasteiger partial charge in [-0.3, -0.25) is 9.10 Å². The molecule has 29 heavy (non-hydrogen) atoms. The number of ether oxygens (including phenoxy) is 1. The molecule has 0 saturated carbocycles. The minimum absolute atomic E-state index is 0.102. The van der Waals surface area contributed by atoms with Crippen molar-refractivity contribution in [3.63, 3.8) is 0 Å². The Morgan fingerprint density at radius 1 is 1.07 bits per heavy atom. The number of nitrogens with zero attached hydrogens (tertiary/aromatic N) is 1. The molecule has 2 aromatic carbocycles. The highest BCUT2D eigenvalue weighted by Gasteiger charge is 2.29. The smallest absolute Gasteiger partial charge is 0.264 e. The Kier molecular flexibility index (Phi) is 7.98. The van der Waals surface area contributed by atoms with Crippen LogP contribution in [0.2, 0.25) is 0 Å². The fourth-order valence-corrected chi connectivity index (χ4v) is 4.86. The van der Waals surface area contributed by atoms with Crippen molar-refractivity contribution in [2.24, 2.45) is 0 Å². The molecule has 0 bridgehead atoms. The highest BCUT2D eigenvalue weighted by atomic mass is 32.2. The summed E-state index contributed by atoms with van der Waals surface area (Å²) in [5.41, 5.74) is 0.318. The summed E-state index contributed by atoms with van der Waals surface area (Å²) in [7, 11) is -2.48. The topological polar surface area (TPSA) is 75.7 Å². The number of nitrogens with one attached hydrogen (secondary N) is 1. The summed E-state index contributed by atoms with van der Waals surface area (Å²) in [5.74, 6) is 0.753. The SMILES string of the molecule is COc1ccccc1N(CC(=O)NCCSC(C)(C)C)S(=O)(=O)c1ccccc1. The van der Waals surface area contributed by atoms with Crippen LogP contribution in [-0.2, 0) is 14.8 Å². The Bertz CT molecular complexity index is 910. The van der Waals surface area contributed by atoms with Gasteiger partial charge in [0, 0.05) is 17.0 Å². The Labute approximate surface area is 177 Å². The van der Waals surface area contributed by atoms with Crippen molar-refractivity contribution in [2.45, 2.75) is 30.4 Å². The van der Waals surface area contributed by atoms with Gasteiger partial charge in [-0.25, -0.2) is 8.42 Å². The fraction of sp³-hybridized carbons (Fsp3) is 0.381. The molecule has 2 aromatic rings. The van der Waals surface area contributed by atoms with Crippen molar-refractivity contribution in [1.29, 1.82) is 0 Å². The van der Waals surface area contributed by atoms with Gasteiger partial charge in [-0.1, -0.05) is 51.1 Å². The molecule has 1 N–H and O–H groups in total. The van der Waals surface area contributed by atoms with Crippen LogP contribution in [0.25, 0.3) is 0 Å². The van der Waals surface area contributed by atoms with E-state index in [1.165, 1.54) is 19.2 Å². The van der Waals surface area contributed by atoms with Crippen molar-refractivity contribution in [1.82, 2.24) is 5.32 Å². The second kappa shape index (κ2) is 10.0. The molecule has 0 spiro atoms. The van der Waals surface area contributed by atoms with E-state index in [9.17, 15) is 13.2 Å². The molecule has 0 aliphatic carbocycles. The lowest BCUT2D eigenvalue weighted by Gasteiger charge is -2.25. The number of benzene rings is 2. The standard InChI is InChI=1S/C21H28N2O4S2/c1-21(2,3)28-15-14-22-20(24)16-23(18-12-8-9-13-19(18)27-4)29(25,26)17-10-6-5-7-11-17/h5-13H,14-16H2,1-4H3,(H,22,24). The Hall–Kier alpha value is -2.19. The number of carbonyl (C=O) groups excluding carboxylic acids is 1.